The van der Waals surface area contributed by atoms with Crippen LogP contribution in [-0.4, -0.2) is 92.6 Å². The van der Waals surface area contributed by atoms with E-state index in [4.69, 9.17) is 9.47 Å². The molecule has 8 nitrogen and oxygen atoms in total. The molecule has 30 heavy (non-hydrogen) atoms. The third-order valence-electron chi connectivity index (χ3n) is 5.69. The van der Waals surface area contributed by atoms with Gasteiger partial charge in [0, 0.05) is 46.3 Å². The second kappa shape index (κ2) is 10.6. The standard InChI is InChI=1S/C22H34N4O4/c1-4-29-19-12-17-6-7-25(14-18(17)13-20(19)30-5-2)16-22(28)26-10-8-24(9-11-26)15-21(27)23-3/h12-13H,4-11,14-16H2,1-3H3,(H,23,27). The molecule has 2 heterocycles. The molecule has 2 aliphatic rings. The highest BCUT2D eigenvalue weighted by molar-refractivity contribution is 5.79. The first-order valence-electron chi connectivity index (χ1n) is 10.9. The summed E-state index contributed by atoms with van der Waals surface area (Å²) >= 11 is 0. The van der Waals surface area contributed by atoms with Crippen LogP contribution in [0.2, 0.25) is 0 Å². The molecule has 2 aliphatic heterocycles. The summed E-state index contributed by atoms with van der Waals surface area (Å²) in [6.07, 6.45) is 0.898. The summed E-state index contributed by atoms with van der Waals surface area (Å²) in [5, 5.41) is 2.65. The van der Waals surface area contributed by atoms with Crippen LogP contribution in [0.25, 0.3) is 0 Å². The first-order valence-corrected chi connectivity index (χ1v) is 10.9. The van der Waals surface area contributed by atoms with Gasteiger partial charge in [0.2, 0.25) is 11.8 Å². The zero-order valence-corrected chi connectivity index (χ0v) is 18.4. The summed E-state index contributed by atoms with van der Waals surface area (Å²) in [6, 6.07) is 4.16. The number of piperazine rings is 1. The highest BCUT2D eigenvalue weighted by atomic mass is 16.5. The number of nitrogens with zero attached hydrogens (tertiary/aromatic N) is 3. The third-order valence-corrected chi connectivity index (χ3v) is 5.69. The normalized spacial score (nSPS) is 17.4. The van der Waals surface area contributed by atoms with E-state index in [1.807, 2.05) is 18.7 Å². The van der Waals surface area contributed by atoms with Crippen molar-refractivity contribution in [3.8, 4) is 11.5 Å². The molecule has 1 saturated heterocycles. The molecular weight excluding hydrogens is 384 g/mol. The lowest BCUT2D eigenvalue weighted by Gasteiger charge is -2.36. The molecule has 0 spiro atoms. The Labute approximate surface area is 179 Å². The van der Waals surface area contributed by atoms with E-state index in [0.29, 0.717) is 39.4 Å². The Morgan fingerprint density at radius 2 is 1.53 bits per heavy atom. The molecule has 0 atom stereocenters. The van der Waals surface area contributed by atoms with Crippen molar-refractivity contribution in [2.75, 3.05) is 66.1 Å². The largest absolute Gasteiger partial charge is 0.490 e. The number of benzene rings is 1. The van der Waals surface area contributed by atoms with Gasteiger partial charge in [-0.25, -0.2) is 0 Å². The van der Waals surface area contributed by atoms with Crippen molar-refractivity contribution in [2.24, 2.45) is 0 Å². The predicted octanol–water partition coefficient (Wildman–Crippen LogP) is 0.732. The summed E-state index contributed by atoms with van der Waals surface area (Å²) < 4.78 is 11.5. The maximum Gasteiger partial charge on any atom is 0.236 e. The van der Waals surface area contributed by atoms with Crippen LogP contribution in [-0.2, 0) is 22.6 Å². The van der Waals surface area contributed by atoms with Gasteiger partial charge in [-0.1, -0.05) is 0 Å². The highest BCUT2D eigenvalue weighted by Gasteiger charge is 2.26. The van der Waals surface area contributed by atoms with Crippen molar-refractivity contribution in [1.29, 1.82) is 0 Å². The molecule has 0 unspecified atom stereocenters. The number of hydrogen-bond donors (Lipinski definition) is 1. The fourth-order valence-electron chi connectivity index (χ4n) is 4.02. The maximum atomic E-state index is 12.8. The van der Waals surface area contributed by atoms with E-state index < -0.39 is 0 Å². The lowest BCUT2D eigenvalue weighted by molar-refractivity contribution is -0.134. The minimum absolute atomic E-state index is 0.0145. The van der Waals surface area contributed by atoms with Gasteiger partial charge < -0.3 is 19.7 Å². The van der Waals surface area contributed by atoms with Gasteiger partial charge in [-0.2, -0.15) is 0 Å². The minimum Gasteiger partial charge on any atom is -0.490 e. The van der Waals surface area contributed by atoms with Crippen molar-refractivity contribution >= 4 is 11.8 Å². The number of carbonyl (C=O) groups is 2. The molecule has 166 valence electrons. The molecule has 0 aromatic heterocycles. The second-order valence-corrected chi connectivity index (χ2v) is 7.72. The summed E-state index contributed by atoms with van der Waals surface area (Å²) in [5.74, 6) is 1.76. The predicted molar refractivity (Wildman–Crippen MR) is 115 cm³/mol. The van der Waals surface area contributed by atoms with Crippen molar-refractivity contribution in [3.05, 3.63) is 23.3 Å². The average Bonchev–Trinajstić information content (AvgIpc) is 2.75. The summed E-state index contributed by atoms with van der Waals surface area (Å²) in [6.45, 7) is 10.4. The molecule has 0 bridgehead atoms. The number of nitrogens with one attached hydrogen (secondary N) is 1. The molecule has 1 aromatic rings. The van der Waals surface area contributed by atoms with Crippen LogP contribution in [0.1, 0.15) is 25.0 Å². The second-order valence-electron chi connectivity index (χ2n) is 7.72. The first kappa shape index (κ1) is 22.4. The van der Waals surface area contributed by atoms with Crippen LogP contribution >= 0.6 is 0 Å². The molecule has 3 rings (SSSR count). The topological polar surface area (TPSA) is 74.4 Å². The lowest BCUT2D eigenvalue weighted by Crippen LogP contribution is -2.53. The summed E-state index contributed by atoms with van der Waals surface area (Å²) in [5.41, 5.74) is 2.48. The molecule has 0 saturated carbocycles. The number of fused-ring (bicyclic) bond motifs is 1. The SMILES string of the molecule is CCOc1cc2c(cc1OCC)CN(CC(=O)N1CCN(CC(=O)NC)CC1)CC2. The lowest BCUT2D eigenvalue weighted by atomic mass is 9.98. The van der Waals surface area contributed by atoms with E-state index >= 15 is 0 Å². The van der Waals surface area contributed by atoms with Crippen molar-refractivity contribution in [3.63, 3.8) is 0 Å². The monoisotopic (exact) mass is 418 g/mol. The van der Waals surface area contributed by atoms with Gasteiger partial charge in [0.1, 0.15) is 0 Å². The van der Waals surface area contributed by atoms with Gasteiger partial charge in [0.05, 0.1) is 26.3 Å². The first-order chi connectivity index (χ1) is 14.5. The maximum absolute atomic E-state index is 12.8. The van der Waals surface area contributed by atoms with Gasteiger partial charge >= 0.3 is 0 Å². The fraction of sp³-hybridized carbons (Fsp3) is 0.636. The Hall–Kier alpha value is -2.32. The van der Waals surface area contributed by atoms with Gasteiger partial charge in [-0.05, 0) is 43.5 Å². The zero-order valence-electron chi connectivity index (χ0n) is 18.4. The number of amides is 2. The number of rotatable bonds is 8. The van der Waals surface area contributed by atoms with Crippen molar-refractivity contribution in [1.82, 2.24) is 20.0 Å². The van der Waals surface area contributed by atoms with Crippen LogP contribution < -0.4 is 14.8 Å². The minimum atomic E-state index is 0.0145. The average molecular weight is 419 g/mol. The Bertz CT molecular complexity index is 747. The molecule has 0 aliphatic carbocycles. The van der Waals surface area contributed by atoms with Crippen LogP contribution in [0.4, 0.5) is 0 Å². The Morgan fingerprint density at radius 3 is 2.13 bits per heavy atom. The Kier molecular flexibility index (Phi) is 7.93. The van der Waals surface area contributed by atoms with E-state index in [-0.39, 0.29) is 11.8 Å². The van der Waals surface area contributed by atoms with Crippen LogP contribution in [0.3, 0.4) is 0 Å². The third kappa shape index (κ3) is 5.64. The van der Waals surface area contributed by atoms with Gasteiger partial charge in [-0.15, -0.1) is 0 Å². The van der Waals surface area contributed by atoms with Crippen molar-refractivity contribution < 1.29 is 19.1 Å². The van der Waals surface area contributed by atoms with E-state index in [9.17, 15) is 9.59 Å². The van der Waals surface area contributed by atoms with Gasteiger partial charge in [0.25, 0.3) is 0 Å². The zero-order chi connectivity index (χ0) is 21.5. The Balaban J connectivity index is 1.55. The fourth-order valence-corrected chi connectivity index (χ4v) is 4.02. The number of ether oxygens (including phenoxy) is 2. The molecule has 1 N–H and O–H groups in total. The van der Waals surface area contributed by atoms with E-state index in [1.165, 1.54) is 11.1 Å². The quantitative estimate of drug-likeness (QED) is 0.671. The molecule has 1 fully saturated rings. The van der Waals surface area contributed by atoms with Crippen LogP contribution in [0, 0.1) is 0 Å². The van der Waals surface area contributed by atoms with Gasteiger partial charge in [-0.3, -0.25) is 19.4 Å². The van der Waals surface area contributed by atoms with E-state index in [1.54, 1.807) is 7.05 Å². The number of likely N-dealkylation sites (N-methyl/N-ethyl adjacent to an activating group) is 1. The van der Waals surface area contributed by atoms with Crippen LogP contribution in [0.5, 0.6) is 11.5 Å². The Morgan fingerprint density at radius 1 is 0.900 bits per heavy atom. The highest BCUT2D eigenvalue weighted by Crippen LogP contribution is 2.33. The van der Waals surface area contributed by atoms with Gasteiger partial charge in [0.15, 0.2) is 11.5 Å². The van der Waals surface area contributed by atoms with Crippen molar-refractivity contribution in [2.45, 2.75) is 26.8 Å². The smallest absolute Gasteiger partial charge is 0.236 e. The van der Waals surface area contributed by atoms with E-state index in [2.05, 4.69) is 27.2 Å². The number of carbonyl (C=O) groups excluding carboxylic acids is 2. The molecular formula is C22H34N4O4. The summed E-state index contributed by atoms with van der Waals surface area (Å²) in [4.78, 5) is 30.5. The number of hydrogen-bond acceptors (Lipinski definition) is 6. The molecule has 0 radical (unpaired) electrons. The molecule has 2 amide bonds. The molecule has 8 heteroatoms. The molecule has 1 aromatic carbocycles. The van der Waals surface area contributed by atoms with E-state index in [0.717, 1.165) is 44.1 Å². The summed E-state index contributed by atoms with van der Waals surface area (Å²) in [7, 11) is 1.65. The van der Waals surface area contributed by atoms with Crippen LogP contribution in [0.15, 0.2) is 12.1 Å².